The Labute approximate surface area is 97.9 Å². The molecule has 1 fully saturated rings. The number of alkyl halides is 3. The van der Waals surface area contributed by atoms with Gasteiger partial charge in [0.15, 0.2) is 0 Å². The Balaban J connectivity index is 2.83. The van der Waals surface area contributed by atoms with Crippen LogP contribution in [0.1, 0.15) is 13.3 Å². The monoisotopic (exact) mass is 254 g/mol. The molecule has 0 aromatic carbocycles. The minimum Gasteiger partial charge on any atom is -0.384 e. The molecule has 1 saturated heterocycles. The third-order valence-electron chi connectivity index (χ3n) is 3.08. The first-order chi connectivity index (χ1) is 7.73. The van der Waals surface area contributed by atoms with E-state index in [2.05, 4.69) is 4.74 Å². The van der Waals surface area contributed by atoms with Crippen LogP contribution < -0.4 is 5.73 Å². The lowest BCUT2D eigenvalue weighted by Crippen LogP contribution is -2.47. The quantitative estimate of drug-likeness (QED) is 0.809. The molecule has 0 unspecified atom stereocenters. The van der Waals surface area contributed by atoms with E-state index in [1.54, 1.807) is 0 Å². The third-order valence-corrected chi connectivity index (χ3v) is 3.08. The molecular formula is C10H17F3N2O2. The standard InChI is InChI=1S/C10H17F3N2O2/c1-7(14)8(16)15-4-3-9(5-15,6-17-2)10(11,12)13/h7H,3-6,14H2,1-2H3/t7-,9+/m0/s1. The van der Waals surface area contributed by atoms with Crippen molar-refractivity contribution in [1.82, 2.24) is 4.90 Å². The SMILES string of the molecule is COC[C@@]1(C(F)(F)F)CCN(C(=O)[C@H](C)N)C1. The summed E-state index contributed by atoms with van der Waals surface area (Å²) >= 11 is 0. The minimum absolute atomic E-state index is 0.0727. The van der Waals surface area contributed by atoms with Gasteiger partial charge in [-0.05, 0) is 13.3 Å². The van der Waals surface area contributed by atoms with Crippen LogP contribution in [-0.2, 0) is 9.53 Å². The van der Waals surface area contributed by atoms with E-state index in [-0.39, 0.29) is 19.5 Å². The molecule has 1 aliphatic rings. The topological polar surface area (TPSA) is 55.6 Å². The van der Waals surface area contributed by atoms with Crippen LogP contribution in [0.2, 0.25) is 0 Å². The summed E-state index contributed by atoms with van der Waals surface area (Å²) in [5, 5.41) is 0. The highest BCUT2D eigenvalue weighted by molar-refractivity contribution is 5.81. The van der Waals surface area contributed by atoms with Crippen molar-refractivity contribution < 1.29 is 22.7 Å². The van der Waals surface area contributed by atoms with Crippen molar-refractivity contribution in [1.29, 1.82) is 0 Å². The lowest BCUT2D eigenvalue weighted by molar-refractivity contribution is -0.232. The first kappa shape index (κ1) is 14.2. The third kappa shape index (κ3) is 2.71. The summed E-state index contributed by atoms with van der Waals surface area (Å²) in [6.07, 6.45) is -4.52. The first-order valence-corrected chi connectivity index (χ1v) is 5.33. The predicted molar refractivity (Wildman–Crippen MR) is 55.2 cm³/mol. The molecule has 100 valence electrons. The number of ether oxygens (including phenoxy) is 1. The van der Waals surface area contributed by atoms with Crippen LogP contribution in [0, 0.1) is 5.41 Å². The molecule has 7 heteroatoms. The van der Waals surface area contributed by atoms with E-state index in [4.69, 9.17) is 5.73 Å². The Morgan fingerprint density at radius 1 is 1.59 bits per heavy atom. The van der Waals surface area contributed by atoms with Crippen molar-refractivity contribution in [3.63, 3.8) is 0 Å². The van der Waals surface area contributed by atoms with Crippen LogP contribution in [-0.4, -0.2) is 49.8 Å². The molecule has 0 aromatic heterocycles. The van der Waals surface area contributed by atoms with Crippen LogP contribution >= 0.6 is 0 Å². The molecule has 0 radical (unpaired) electrons. The fourth-order valence-electron chi connectivity index (χ4n) is 2.06. The van der Waals surface area contributed by atoms with Crippen molar-refractivity contribution in [2.45, 2.75) is 25.6 Å². The average Bonchev–Trinajstić information content (AvgIpc) is 2.62. The Kier molecular flexibility index (Phi) is 4.03. The van der Waals surface area contributed by atoms with E-state index in [9.17, 15) is 18.0 Å². The van der Waals surface area contributed by atoms with Crippen LogP contribution in [0.15, 0.2) is 0 Å². The van der Waals surface area contributed by atoms with Gasteiger partial charge in [-0.15, -0.1) is 0 Å². The fourth-order valence-corrected chi connectivity index (χ4v) is 2.06. The molecule has 0 saturated carbocycles. The normalized spacial score (nSPS) is 27.3. The molecule has 2 atom stereocenters. The molecule has 0 spiro atoms. The number of amides is 1. The zero-order chi connectivity index (χ0) is 13.3. The number of carbonyl (C=O) groups excluding carboxylic acids is 1. The summed E-state index contributed by atoms with van der Waals surface area (Å²) < 4.78 is 43.6. The predicted octanol–water partition coefficient (Wildman–Crippen LogP) is 0.761. The number of carbonyl (C=O) groups is 1. The van der Waals surface area contributed by atoms with Gasteiger partial charge in [-0.3, -0.25) is 4.79 Å². The molecule has 1 amide bonds. The van der Waals surface area contributed by atoms with Gasteiger partial charge < -0.3 is 15.4 Å². The number of methoxy groups -OCH3 is 1. The number of rotatable bonds is 3. The summed E-state index contributed by atoms with van der Waals surface area (Å²) in [5.41, 5.74) is 3.43. The maximum Gasteiger partial charge on any atom is 0.398 e. The van der Waals surface area contributed by atoms with Gasteiger partial charge in [-0.1, -0.05) is 0 Å². The van der Waals surface area contributed by atoms with Gasteiger partial charge in [0.1, 0.15) is 5.41 Å². The van der Waals surface area contributed by atoms with E-state index in [1.165, 1.54) is 14.0 Å². The molecule has 1 aliphatic heterocycles. The van der Waals surface area contributed by atoms with Crippen LogP contribution in [0.5, 0.6) is 0 Å². The van der Waals surface area contributed by atoms with Gasteiger partial charge in [-0.25, -0.2) is 0 Å². The molecule has 0 aromatic rings. The molecule has 1 rings (SSSR count). The summed E-state index contributed by atoms with van der Waals surface area (Å²) in [6.45, 7) is 0.736. The highest BCUT2D eigenvalue weighted by Gasteiger charge is 2.58. The van der Waals surface area contributed by atoms with Crippen molar-refractivity contribution in [2.24, 2.45) is 11.1 Å². The van der Waals surface area contributed by atoms with E-state index in [1.807, 2.05) is 0 Å². The van der Waals surface area contributed by atoms with E-state index in [0.717, 1.165) is 4.90 Å². The van der Waals surface area contributed by atoms with E-state index < -0.39 is 30.1 Å². The van der Waals surface area contributed by atoms with Crippen molar-refractivity contribution >= 4 is 5.91 Å². The number of hydrogen-bond acceptors (Lipinski definition) is 3. The van der Waals surface area contributed by atoms with Crippen molar-refractivity contribution in [3.8, 4) is 0 Å². The second-order valence-corrected chi connectivity index (χ2v) is 4.51. The average molecular weight is 254 g/mol. The summed E-state index contributed by atoms with van der Waals surface area (Å²) in [4.78, 5) is 12.7. The Hall–Kier alpha value is -0.820. The molecule has 1 heterocycles. The number of halogens is 3. The zero-order valence-corrected chi connectivity index (χ0v) is 9.88. The van der Waals surface area contributed by atoms with Crippen molar-refractivity contribution in [3.05, 3.63) is 0 Å². The van der Waals surface area contributed by atoms with Crippen LogP contribution in [0.3, 0.4) is 0 Å². The first-order valence-electron chi connectivity index (χ1n) is 5.33. The van der Waals surface area contributed by atoms with Gasteiger partial charge in [0.2, 0.25) is 5.91 Å². The number of nitrogens with two attached hydrogens (primary N) is 1. The molecule has 0 bridgehead atoms. The van der Waals surface area contributed by atoms with Gasteiger partial charge in [0.25, 0.3) is 0 Å². The lowest BCUT2D eigenvalue weighted by Gasteiger charge is -2.31. The second-order valence-electron chi connectivity index (χ2n) is 4.51. The van der Waals surface area contributed by atoms with Gasteiger partial charge in [0, 0.05) is 20.2 Å². The van der Waals surface area contributed by atoms with Gasteiger partial charge >= 0.3 is 6.18 Å². The highest BCUT2D eigenvalue weighted by Crippen LogP contribution is 2.45. The molecule has 4 nitrogen and oxygen atoms in total. The molecule has 17 heavy (non-hydrogen) atoms. The number of nitrogens with zero attached hydrogens (tertiary/aromatic N) is 1. The summed E-state index contributed by atoms with van der Waals surface area (Å²) in [6, 6.07) is -0.776. The fraction of sp³-hybridized carbons (Fsp3) is 0.900. The smallest absolute Gasteiger partial charge is 0.384 e. The minimum atomic E-state index is -4.38. The Morgan fingerprint density at radius 2 is 2.18 bits per heavy atom. The maximum absolute atomic E-state index is 13.0. The highest BCUT2D eigenvalue weighted by atomic mass is 19.4. The van der Waals surface area contributed by atoms with E-state index in [0.29, 0.717) is 0 Å². The largest absolute Gasteiger partial charge is 0.398 e. The number of hydrogen-bond donors (Lipinski definition) is 1. The lowest BCUT2D eigenvalue weighted by atomic mass is 9.87. The van der Waals surface area contributed by atoms with E-state index >= 15 is 0 Å². The number of likely N-dealkylation sites (tertiary alicyclic amines) is 1. The Morgan fingerprint density at radius 3 is 2.59 bits per heavy atom. The van der Waals surface area contributed by atoms with Crippen LogP contribution in [0.4, 0.5) is 13.2 Å². The summed E-state index contributed by atoms with van der Waals surface area (Å²) in [5.74, 6) is -0.452. The molecule has 2 N–H and O–H groups in total. The zero-order valence-electron chi connectivity index (χ0n) is 9.88. The Bertz CT molecular complexity index is 294. The van der Waals surface area contributed by atoms with Crippen molar-refractivity contribution in [2.75, 3.05) is 26.8 Å². The van der Waals surface area contributed by atoms with Crippen LogP contribution in [0.25, 0.3) is 0 Å². The van der Waals surface area contributed by atoms with Gasteiger partial charge in [0.05, 0.1) is 12.6 Å². The van der Waals surface area contributed by atoms with Gasteiger partial charge in [-0.2, -0.15) is 13.2 Å². The molecule has 0 aliphatic carbocycles. The maximum atomic E-state index is 13.0. The second kappa shape index (κ2) is 4.81. The summed E-state index contributed by atoms with van der Waals surface area (Å²) in [7, 11) is 1.23. The molecular weight excluding hydrogens is 237 g/mol.